The number of sulfone groups is 1. The first-order valence-corrected chi connectivity index (χ1v) is 14.8. The van der Waals surface area contributed by atoms with Crippen molar-refractivity contribution in [3.05, 3.63) is 53.5 Å². The fraction of sp³-hybridized carbons (Fsp3) is 0.464. The molecule has 0 spiro atoms. The zero-order chi connectivity index (χ0) is 29.1. The monoisotopic (exact) mass is 577 g/mol. The number of imidazole rings is 1. The number of methoxy groups -OCH3 is 1. The largest absolute Gasteiger partial charge is 0.495 e. The lowest BCUT2D eigenvalue weighted by molar-refractivity contribution is -0.128. The number of likely N-dealkylation sites (N-methyl/N-ethyl adjacent to an activating group) is 1. The molecule has 1 aromatic carbocycles. The van der Waals surface area contributed by atoms with Crippen molar-refractivity contribution >= 4 is 21.2 Å². The summed E-state index contributed by atoms with van der Waals surface area (Å²) >= 11 is 0. The maximum absolute atomic E-state index is 13.6. The van der Waals surface area contributed by atoms with E-state index in [-0.39, 0.29) is 34.9 Å². The number of anilines is 1. The molecule has 2 atom stereocenters. The first kappa shape index (κ1) is 29.7. The van der Waals surface area contributed by atoms with Crippen LogP contribution in [0.4, 0.5) is 18.9 Å². The van der Waals surface area contributed by atoms with Gasteiger partial charge in [0, 0.05) is 42.7 Å². The topological polar surface area (TPSA) is 88.0 Å². The van der Waals surface area contributed by atoms with Crippen LogP contribution in [0.2, 0.25) is 0 Å². The van der Waals surface area contributed by atoms with Gasteiger partial charge in [-0.25, -0.2) is 13.4 Å². The number of ether oxygens (including phenoxy) is 1. The Kier molecular flexibility index (Phi) is 8.97. The van der Waals surface area contributed by atoms with Crippen LogP contribution in [0, 0.1) is 11.8 Å². The molecular weight excluding hydrogens is 543 g/mol. The number of nitrogens with zero attached hydrogens (tertiary/aromatic N) is 3. The van der Waals surface area contributed by atoms with Gasteiger partial charge in [-0.15, -0.1) is 0 Å². The molecule has 2 aromatic heterocycles. The number of benzene rings is 1. The quantitative estimate of drug-likeness (QED) is 0.391. The number of piperidine rings is 1. The molecule has 12 heteroatoms. The van der Waals surface area contributed by atoms with E-state index in [0.29, 0.717) is 17.1 Å². The Hall–Kier alpha value is -3.27. The Balaban J connectivity index is 1.63. The summed E-state index contributed by atoms with van der Waals surface area (Å²) in [6.45, 7) is 0.954. The summed E-state index contributed by atoms with van der Waals surface area (Å²) < 4.78 is 71.2. The average molecular weight is 578 g/mol. The maximum atomic E-state index is 13.6. The van der Waals surface area contributed by atoms with Crippen LogP contribution in [0.3, 0.4) is 0 Å². The van der Waals surface area contributed by atoms with Crippen LogP contribution in [0.15, 0.2) is 41.4 Å². The lowest BCUT2D eigenvalue weighted by Gasteiger charge is -2.33. The lowest BCUT2D eigenvalue weighted by Crippen LogP contribution is -2.43. The molecule has 3 heterocycles. The minimum Gasteiger partial charge on any atom is -0.495 e. The summed E-state index contributed by atoms with van der Waals surface area (Å²) in [5.41, 5.74) is 1.91. The number of pyridine rings is 1. The molecule has 1 saturated heterocycles. The Morgan fingerprint density at radius 3 is 2.70 bits per heavy atom. The van der Waals surface area contributed by atoms with Gasteiger partial charge < -0.3 is 24.7 Å². The molecule has 1 fully saturated rings. The van der Waals surface area contributed by atoms with Crippen molar-refractivity contribution in [3.63, 3.8) is 0 Å². The van der Waals surface area contributed by atoms with E-state index >= 15 is 0 Å². The van der Waals surface area contributed by atoms with E-state index < -0.39 is 22.4 Å². The Bertz CT molecular complexity index is 1520. The van der Waals surface area contributed by atoms with Crippen molar-refractivity contribution in [2.75, 3.05) is 45.9 Å². The number of hydrogen-bond acceptors (Lipinski definition) is 7. The van der Waals surface area contributed by atoms with Crippen LogP contribution in [-0.4, -0.2) is 75.5 Å². The molecule has 0 saturated carbocycles. The number of alkyl halides is 3. The molecule has 3 aromatic rings. The fourth-order valence-corrected chi connectivity index (χ4v) is 5.67. The van der Waals surface area contributed by atoms with Gasteiger partial charge in [0.25, 0.3) is 0 Å². The molecule has 0 unspecified atom stereocenters. The number of rotatable bonds is 8. The van der Waals surface area contributed by atoms with Crippen molar-refractivity contribution < 1.29 is 26.3 Å². The molecule has 4 rings (SSSR count). The van der Waals surface area contributed by atoms with Crippen LogP contribution in [0.25, 0.3) is 5.65 Å². The van der Waals surface area contributed by atoms with Crippen molar-refractivity contribution in [2.45, 2.75) is 48.8 Å². The molecule has 0 radical (unpaired) electrons. The molecule has 1 aliphatic rings. The number of nitrogens with one attached hydrogen (secondary N) is 2. The van der Waals surface area contributed by atoms with Gasteiger partial charge >= 0.3 is 6.18 Å². The van der Waals surface area contributed by atoms with Crippen LogP contribution < -0.4 is 15.4 Å². The smallest absolute Gasteiger partial charge is 0.394 e. The van der Waals surface area contributed by atoms with Gasteiger partial charge in [-0.2, -0.15) is 13.2 Å². The van der Waals surface area contributed by atoms with Crippen LogP contribution in [-0.2, 0) is 16.3 Å². The summed E-state index contributed by atoms with van der Waals surface area (Å²) in [7, 11) is 2.04. The van der Waals surface area contributed by atoms with E-state index in [1.54, 1.807) is 18.3 Å². The third-order valence-electron chi connectivity index (χ3n) is 6.77. The van der Waals surface area contributed by atoms with Crippen molar-refractivity contribution in [2.24, 2.45) is 0 Å². The zero-order valence-corrected chi connectivity index (χ0v) is 23.8. The van der Waals surface area contributed by atoms with Gasteiger partial charge in [0.2, 0.25) is 0 Å². The lowest BCUT2D eigenvalue weighted by atomic mass is 9.93. The second-order valence-corrected chi connectivity index (χ2v) is 12.3. The van der Waals surface area contributed by atoms with Gasteiger partial charge in [-0.3, -0.25) is 0 Å². The first-order valence-electron chi connectivity index (χ1n) is 12.9. The van der Waals surface area contributed by atoms with Gasteiger partial charge in [-0.1, -0.05) is 12.0 Å². The average Bonchev–Trinajstić information content (AvgIpc) is 3.21. The Morgan fingerprint density at radius 1 is 1.25 bits per heavy atom. The van der Waals surface area contributed by atoms with Gasteiger partial charge in [0.1, 0.15) is 17.1 Å². The molecule has 1 aliphatic heterocycles. The summed E-state index contributed by atoms with van der Waals surface area (Å²) in [5.74, 6) is 6.00. The minimum atomic E-state index is -4.44. The zero-order valence-electron chi connectivity index (χ0n) is 23.0. The normalized spacial score (nSPS) is 18.0. The van der Waals surface area contributed by atoms with E-state index in [2.05, 4.69) is 32.4 Å². The molecule has 0 amide bonds. The predicted octanol–water partition coefficient (Wildman–Crippen LogP) is 4.06. The number of fused-ring (bicyclic) bond motifs is 1. The predicted molar refractivity (Wildman–Crippen MR) is 148 cm³/mol. The van der Waals surface area contributed by atoms with E-state index in [0.717, 1.165) is 37.6 Å². The highest BCUT2D eigenvalue weighted by molar-refractivity contribution is 7.90. The first-order chi connectivity index (χ1) is 18.9. The second-order valence-electron chi connectivity index (χ2n) is 10.3. The number of aromatic nitrogens is 2. The Labute approximate surface area is 232 Å². The third kappa shape index (κ3) is 7.27. The summed E-state index contributed by atoms with van der Waals surface area (Å²) in [4.78, 5) is 6.82. The summed E-state index contributed by atoms with van der Waals surface area (Å²) in [6, 6.07) is 8.34. The highest BCUT2D eigenvalue weighted by atomic mass is 32.2. The van der Waals surface area contributed by atoms with Crippen molar-refractivity contribution in [1.82, 2.24) is 19.6 Å². The van der Waals surface area contributed by atoms with Crippen LogP contribution in [0.5, 0.6) is 5.75 Å². The fourth-order valence-electron chi connectivity index (χ4n) is 5.03. The van der Waals surface area contributed by atoms with E-state index in [1.165, 1.54) is 23.6 Å². The number of halogens is 3. The SMILES string of the molecule is COc1cc(S(C)(=O)=O)ccc1NCC#Cc1nc2c([C@H]3CCC[C@@H](CN(C)C)N3)cccn2c1CC(F)(F)F. The van der Waals surface area contributed by atoms with Crippen molar-refractivity contribution in [3.8, 4) is 17.6 Å². The van der Waals surface area contributed by atoms with Crippen LogP contribution in [0.1, 0.15) is 42.3 Å². The Morgan fingerprint density at radius 2 is 2.02 bits per heavy atom. The molecule has 40 heavy (non-hydrogen) atoms. The van der Waals surface area contributed by atoms with E-state index in [4.69, 9.17) is 4.74 Å². The summed E-state index contributed by atoms with van der Waals surface area (Å²) in [5, 5.41) is 6.69. The molecule has 2 N–H and O–H groups in total. The van der Waals surface area contributed by atoms with Gasteiger partial charge in [0.15, 0.2) is 9.84 Å². The molecule has 8 nitrogen and oxygen atoms in total. The second kappa shape index (κ2) is 12.1. The maximum Gasteiger partial charge on any atom is 0.394 e. The standard InChI is InChI=1S/C28H34F3N5O3S/c1-35(2)18-19-8-5-10-22(33-19)21-9-7-15-36-25(17-28(29,30)31)23(34-27(21)36)11-6-14-32-24-13-12-20(40(4,37)38)16-26(24)39-3/h7,9,12-13,15-16,19,22,32-33H,5,8,10,14,17-18H2,1-4H3/t19-,22+/m0/s1. The van der Waals surface area contributed by atoms with Gasteiger partial charge in [0.05, 0.1) is 36.4 Å². The molecule has 216 valence electrons. The van der Waals surface area contributed by atoms with Crippen molar-refractivity contribution in [1.29, 1.82) is 0 Å². The van der Waals surface area contributed by atoms with Crippen LogP contribution >= 0.6 is 0 Å². The molecular formula is C28H34F3N5O3S. The number of hydrogen-bond donors (Lipinski definition) is 2. The molecule has 0 bridgehead atoms. The third-order valence-corrected chi connectivity index (χ3v) is 7.88. The highest BCUT2D eigenvalue weighted by Gasteiger charge is 2.32. The van der Waals surface area contributed by atoms with E-state index in [9.17, 15) is 21.6 Å². The molecule has 0 aliphatic carbocycles. The minimum absolute atomic E-state index is 0.00686. The summed E-state index contributed by atoms with van der Waals surface area (Å²) in [6.07, 6.45) is 0.0377. The van der Waals surface area contributed by atoms with E-state index in [1.807, 2.05) is 20.2 Å². The highest BCUT2D eigenvalue weighted by Crippen LogP contribution is 2.31. The van der Waals surface area contributed by atoms with Gasteiger partial charge in [-0.05, 0) is 57.5 Å².